The van der Waals surface area contributed by atoms with Crippen molar-refractivity contribution in [2.24, 2.45) is 11.8 Å². The van der Waals surface area contributed by atoms with Crippen LogP contribution in [0.4, 0.5) is 0 Å². The lowest BCUT2D eigenvalue weighted by Crippen LogP contribution is -2.49. The van der Waals surface area contributed by atoms with E-state index < -0.39 is 58.1 Å². The van der Waals surface area contributed by atoms with Crippen LogP contribution in [0.15, 0.2) is 102 Å². The maximum absolute atomic E-state index is 12.5. The van der Waals surface area contributed by atoms with E-state index in [1.165, 1.54) is 6.07 Å². The molecule has 0 aliphatic rings. The highest BCUT2D eigenvalue weighted by atomic mass is 32.2. The molecule has 4 rings (SSSR count). The van der Waals surface area contributed by atoms with Crippen LogP contribution < -0.4 is 20.7 Å². The summed E-state index contributed by atoms with van der Waals surface area (Å²) in [5.41, 5.74) is 2.51. The Morgan fingerprint density at radius 3 is 1.49 bits per heavy atom. The molecule has 4 aromatic carbocycles. The van der Waals surface area contributed by atoms with Crippen molar-refractivity contribution in [2.45, 2.75) is 82.4 Å². The van der Waals surface area contributed by atoms with Crippen LogP contribution in [-0.2, 0) is 29.2 Å². The lowest BCUT2D eigenvalue weighted by atomic mass is 10.0. The molecule has 0 radical (unpaired) electrons. The maximum Gasteiger partial charge on any atom is 0.320 e. The van der Waals surface area contributed by atoms with Gasteiger partial charge in [-0.2, -0.15) is 0 Å². The van der Waals surface area contributed by atoms with Crippen molar-refractivity contribution in [3.05, 3.63) is 103 Å². The largest absolute Gasteiger partial charge is 0.480 e. The summed E-state index contributed by atoms with van der Waals surface area (Å²) in [6, 6.07) is 24.8. The van der Waals surface area contributed by atoms with Gasteiger partial charge in [0.2, 0.25) is 10.0 Å². The molecular weight excluding hydrogens is 781 g/mol. The highest BCUT2D eigenvalue weighted by molar-refractivity contribution is 7.89. The summed E-state index contributed by atoms with van der Waals surface area (Å²) in [6.07, 6.45) is 0.566. The van der Waals surface area contributed by atoms with E-state index in [9.17, 15) is 52.8 Å². The highest BCUT2D eigenvalue weighted by Gasteiger charge is 2.28. The molecule has 0 spiro atoms. The lowest BCUT2D eigenvalue weighted by molar-refractivity contribution is -0.144. The van der Waals surface area contributed by atoms with Crippen LogP contribution in [0.1, 0.15) is 63.7 Å². The fourth-order valence-electron chi connectivity index (χ4n) is 6.10. The Morgan fingerprint density at radius 2 is 1.00 bits per heavy atom. The number of carboxylic acids is 4. The van der Waals surface area contributed by atoms with Crippen molar-refractivity contribution in [3.8, 4) is 11.1 Å². The smallest absolute Gasteiger partial charge is 0.320 e. The number of hydrogen-bond donors (Lipinski definition) is 8. The molecule has 59 heavy (non-hydrogen) atoms. The molecule has 4 aromatic rings. The summed E-state index contributed by atoms with van der Waals surface area (Å²) in [6.45, 7) is 7.38. The number of carboxylic acid groups (broad SMARTS) is 4. The normalized spacial score (nSPS) is 13.5. The number of benzene rings is 4. The van der Waals surface area contributed by atoms with Crippen LogP contribution in [0.5, 0.6) is 0 Å². The SMILES string of the molecule is CC(C)C[C@H](N[C@@H](CCNC(=O)c1ccc(-c2ccccc2)cc1)C(=O)O)C(=O)O.CC(C)C[C@H](N[C@@H](CCNS(=O)(=O)c1ccc2ccccc2c1)C(=O)O)C(=O)O. The zero-order valence-electron chi connectivity index (χ0n) is 33.5. The quantitative estimate of drug-likeness (QED) is 0.0516. The minimum Gasteiger partial charge on any atom is -0.480 e. The average Bonchev–Trinajstić information content (AvgIpc) is 3.19. The molecule has 4 atom stereocenters. The van der Waals surface area contributed by atoms with E-state index >= 15 is 0 Å². The lowest BCUT2D eigenvalue weighted by Gasteiger charge is -2.21. The zero-order valence-corrected chi connectivity index (χ0v) is 34.3. The molecule has 0 saturated carbocycles. The Balaban J connectivity index is 0.000000316. The van der Waals surface area contributed by atoms with Gasteiger partial charge in [-0.15, -0.1) is 0 Å². The molecule has 16 heteroatoms. The molecule has 15 nitrogen and oxygen atoms in total. The van der Waals surface area contributed by atoms with Gasteiger partial charge < -0.3 is 25.7 Å². The number of aliphatic carboxylic acids is 4. The molecule has 0 heterocycles. The summed E-state index contributed by atoms with van der Waals surface area (Å²) in [5, 5.41) is 47.0. The third-order valence-corrected chi connectivity index (χ3v) is 10.6. The molecular formula is C43H54N4O11S. The second-order valence-corrected chi connectivity index (χ2v) is 16.6. The highest BCUT2D eigenvalue weighted by Crippen LogP contribution is 2.20. The Hall–Kier alpha value is -5.68. The van der Waals surface area contributed by atoms with E-state index in [1.54, 1.807) is 30.3 Å². The average molecular weight is 835 g/mol. The van der Waals surface area contributed by atoms with Gasteiger partial charge in [0, 0.05) is 18.7 Å². The first-order valence-electron chi connectivity index (χ1n) is 19.2. The predicted molar refractivity (Wildman–Crippen MR) is 223 cm³/mol. The molecule has 8 N–H and O–H groups in total. The van der Waals surface area contributed by atoms with E-state index in [2.05, 4.69) is 20.7 Å². The van der Waals surface area contributed by atoms with E-state index in [0.29, 0.717) is 12.0 Å². The molecule has 0 bridgehead atoms. The van der Waals surface area contributed by atoms with Gasteiger partial charge in [0.05, 0.1) is 4.90 Å². The number of amides is 1. The Bertz CT molecular complexity index is 2130. The van der Waals surface area contributed by atoms with Gasteiger partial charge in [-0.05, 0) is 83.7 Å². The number of hydrogen-bond acceptors (Lipinski definition) is 9. The van der Waals surface area contributed by atoms with Crippen LogP contribution in [-0.4, -0.2) is 95.9 Å². The molecule has 0 aliphatic heterocycles. The third kappa shape index (κ3) is 15.9. The monoisotopic (exact) mass is 834 g/mol. The molecule has 0 aromatic heterocycles. The number of sulfonamides is 1. The van der Waals surface area contributed by atoms with Crippen LogP contribution >= 0.6 is 0 Å². The summed E-state index contributed by atoms with van der Waals surface area (Å²) in [7, 11) is -3.82. The van der Waals surface area contributed by atoms with Crippen LogP contribution in [0.2, 0.25) is 0 Å². The Labute approximate surface area is 344 Å². The van der Waals surface area contributed by atoms with Gasteiger partial charge in [0.1, 0.15) is 24.2 Å². The first-order chi connectivity index (χ1) is 27.9. The first kappa shape index (κ1) is 47.7. The topological polar surface area (TPSA) is 249 Å². The van der Waals surface area contributed by atoms with Gasteiger partial charge in [-0.3, -0.25) is 34.6 Å². The van der Waals surface area contributed by atoms with Crippen LogP contribution in [0.25, 0.3) is 21.9 Å². The van der Waals surface area contributed by atoms with Crippen molar-refractivity contribution < 1.29 is 52.8 Å². The predicted octanol–water partition coefficient (Wildman–Crippen LogP) is 5.07. The third-order valence-electron chi connectivity index (χ3n) is 9.14. The number of carbonyl (C=O) groups excluding carboxylic acids is 1. The second-order valence-electron chi connectivity index (χ2n) is 14.8. The minimum absolute atomic E-state index is 0.0597. The molecule has 0 fully saturated rings. The molecule has 318 valence electrons. The van der Waals surface area contributed by atoms with E-state index in [1.807, 2.05) is 88.4 Å². The zero-order chi connectivity index (χ0) is 43.7. The van der Waals surface area contributed by atoms with Crippen molar-refractivity contribution in [3.63, 3.8) is 0 Å². The van der Waals surface area contributed by atoms with Crippen molar-refractivity contribution in [1.29, 1.82) is 0 Å². The van der Waals surface area contributed by atoms with Crippen molar-refractivity contribution in [1.82, 2.24) is 20.7 Å². The number of carbonyl (C=O) groups is 5. The van der Waals surface area contributed by atoms with E-state index in [0.717, 1.165) is 21.9 Å². The number of rotatable bonds is 22. The van der Waals surface area contributed by atoms with Gasteiger partial charge in [0.25, 0.3) is 5.91 Å². The summed E-state index contributed by atoms with van der Waals surface area (Å²) < 4.78 is 27.5. The molecule has 0 saturated heterocycles. The fraction of sp³-hybridized carbons (Fsp3) is 0.372. The van der Waals surface area contributed by atoms with E-state index in [-0.39, 0.29) is 55.0 Å². The summed E-state index contributed by atoms with van der Waals surface area (Å²) >= 11 is 0. The second kappa shape index (κ2) is 23.0. The Morgan fingerprint density at radius 1 is 0.542 bits per heavy atom. The van der Waals surface area contributed by atoms with E-state index in [4.69, 9.17) is 0 Å². The molecule has 0 unspecified atom stereocenters. The standard InChI is InChI=1S/C23H28N2O5.C20H26N2O6S/c1-15(2)14-20(23(29)30)25-19(22(27)28)12-13-24-21(26)18-10-8-17(9-11-18)16-6-4-3-5-7-16;1-13(2)11-18(20(25)26)22-17(19(23)24)9-10-21-29(27,28)16-8-7-14-5-3-4-6-15(14)12-16/h3-11,15,19-20,25H,12-14H2,1-2H3,(H,24,26)(H,27,28)(H,29,30);3-8,12-13,17-18,21-22H,9-11H2,1-2H3,(H,23,24)(H,25,26)/t19-,20-;17-,18-/m00/s1. The van der Waals surface area contributed by atoms with Gasteiger partial charge >= 0.3 is 23.9 Å². The van der Waals surface area contributed by atoms with Gasteiger partial charge in [0.15, 0.2) is 0 Å². The van der Waals surface area contributed by atoms with Crippen molar-refractivity contribution in [2.75, 3.05) is 13.1 Å². The number of nitrogens with one attached hydrogen (secondary N) is 4. The van der Waals surface area contributed by atoms with Crippen LogP contribution in [0.3, 0.4) is 0 Å². The van der Waals surface area contributed by atoms with Crippen molar-refractivity contribution >= 4 is 50.6 Å². The molecule has 0 aliphatic carbocycles. The van der Waals surface area contributed by atoms with Crippen LogP contribution in [0, 0.1) is 11.8 Å². The number of fused-ring (bicyclic) bond motifs is 1. The van der Waals surface area contributed by atoms with Gasteiger partial charge in [-0.1, -0.05) is 100 Å². The maximum atomic E-state index is 12.5. The minimum atomic E-state index is -3.82. The van der Waals surface area contributed by atoms with Gasteiger partial charge in [-0.25, -0.2) is 13.1 Å². The first-order valence-corrected chi connectivity index (χ1v) is 20.7. The summed E-state index contributed by atoms with van der Waals surface area (Å²) in [5.74, 6) is -4.75. The summed E-state index contributed by atoms with van der Waals surface area (Å²) in [4.78, 5) is 58.1. The fourth-order valence-corrected chi connectivity index (χ4v) is 7.18. The Kier molecular flexibility index (Phi) is 18.6. The molecule has 1 amide bonds.